The zero-order valence-corrected chi connectivity index (χ0v) is 14.5. The molecule has 2 aromatic rings. The Balaban J connectivity index is 2.04. The van der Waals surface area contributed by atoms with Crippen molar-refractivity contribution in [1.82, 2.24) is 0 Å². The van der Waals surface area contributed by atoms with Gasteiger partial charge in [-0.1, -0.05) is 46.4 Å². The molecule has 1 aromatic carbocycles. The Kier molecular flexibility index (Phi) is 6.66. The largest absolute Gasteiger partial charge is 0.489 e. The molecule has 0 saturated heterocycles. The summed E-state index contributed by atoms with van der Waals surface area (Å²) in [6.07, 6.45) is 2.09. The van der Waals surface area contributed by atoms with Crippen molar-refractivity contribution in [3.05, 3.63) is 56.4 Å². The molecule has 0 unspecified atom stereocenters. The monoisotopic (exact) mass is 394 g/mol. The van der Waals surface area contributed by atoms with Gasteiger partial charge < -0.3 is 13.9 Å². The second kappa shape index (κ2) is 8.50. The van der Waals surface area contributed by atoms with E-state index in [1.54, 1.807) is 24.3 Å². The Labute approximate surface area is 152 Å². The van der Waals surface area contributed by atoms with Crippen LogP contribution in [0.3, 0.4) is 0 Å². The zero-order chi connectivity index (χ0) is 16.8. The average molecular weight is 396 g/mol. The number of benzene rings is 1. The molecule has 0 radical (unpaired) electrons. The van der Waals surface area contributed by atoms with E-state index in [1.807, 2.05) is 0 Å². The molecule has 0 bridgehead atoms. The van der Waals surface area contributed by atoms with Crippen molar-refractivity contribution >= 4 is 52.7 Å². The molecular weight excluding hydrogens is 386 g/mol. The van der Waals surface area contributed by atoms with Crippen molar-refractivity contribution in [3.8, 4) is 11.5 Å². The molecule has 0 saturated carbocycles. The molecule has 1 aromatic heterocycles. The molecule has 23 heavy (non-hydrogen) atoms. The number of carbonyl (C=O) groups excluding carboxylic acids is 1. The number of ether oxygens (including phenoxy) is 2. The minimum absolute atomic E-state index is 0.0814. The van der Waals surface area contributed by atoms with Crippen LogP contribution in [0, 0.1) is 0 Å². The van der Waals surface area contributed by atoms with E-state index < -0.39 is 0 Å². The molecule has 2 rings (SSSR count). The van der Waals surface area contributed by atoms with E-state index in [9.17, 15) is 4.79 Å². The maximum absolute atomic E-state index is 10.6. The number of hydrogen-bond acceptors (Lipinski definition) is 4. The third kappa shape index (κ3) is 5.36. The Hall–Kier alpha value is -1.33. The summed E-state index contributed by atoms with van der Waals surface area (Å²) >= 11 is 23.2. The maximum atomic E-state index is 10.6. The van der Waals surface area contributed by atoms with Crippen LogP contribution in [-0.4, -0.2) is 12.9 Å². The minimum Gasteiger partial charge on any atom is -0.489 e. The van der Waals surface area contributed by atoms with E-state index in [4.69, 9.17) is 60.3 Å². The SMILES string of the molecule is O=Cc1ccc(COc2c(Cl)cc(OCC=C(Cl)Cl)cc2Cl)o1. The molecule has 0 aliphatic carbocycles. The predicted octanol–water partition coefficient (Wildman–Crippen LogP) is 5.68. The lowest BCUT2D eigenvalue weighted by molar-refractivity contribution is 0.109. The molecule has 0 N–H and O–H groups in total. The molecule has 0 amide bonds. The number of hydrogen-bond donors (Lipinski definition) is 0. The van der Waals surface area contributed by atoms with Gasteiger partial charge in [0.2, 0.25) is 0 Å². The van der Waals surface area contributed by atoms with Gasteiger partial charge in [-0.2, -0.15) is 0 Å². The molecule has 8 heteroatoms. The van der Waals surface area contributed by atoms with Crippen LogP contribution in [0.1, 0.15) is 16.3 Å². The molecule has 0 atom stereocenters. The summed E-state index contributed by atoms with van der Waals surface area (Å²) < 4.78 is 16.2. The van der Waals surface area contributed by atoms with Gasteiger partial charge in [0.1, 0.15) is 29.2 Å². The summed E-state index contributed by atoms with van der Waals surface area (Å²) in [5.74, 6) is 1.42. The highest BCUT2D eigenvalue weighted by atomic mass is 35.5. The Morgan fingerprint density at radius 1 is 1.13 bits per heavy atom. The van der Waals surface area contributed by atoms with Crippen molar-refractivity contribution in [2.75, 3.05) is 6.61 Å². The molecule has 4 nitrogen and oxygen atoms in total. The lowest BCUT2D eigenvalue weighted by Gasteiger charge is -2.11. The van der Waals surface area contributed by atoms with Gasteiger partial charge in [0, 0.05) is 12.1 Å². The molecule has 122 valence electrons. The number of aldehydes is 1. The van der Waals surface area contributed by atoms with Crippen LogP contribution in [0.4, 0.5) is 0 Å². The fraction of sp³-hybridized carbons (Fsp3) is 0.133. The van der Waals surface area contributed by atoms with E-state index >= 15 is 0 Å². The first-order chi connectivity index (χ1) is 11.0. The van der Waals surface area contributed by atoms with Crippen LogP contribution in [-0.2, 0) is 6.61 Å². The highest BCUT2D eigenvalue weighted by Crippen LogP contribution is 2.37. The van der Waals surface area contributed by atoms with Gasteiger partial charge in [-0.25, -0.2) is 0 Å². The summed E-state index contributed by atoms with van der Waals surface area (Å²) in [6.45, 7) is 0.258. The Morgan fingerprint density at radius 2 is 1.83 bits per heavy atom. The number of rotatable bonds is 7. The Morgan fingerprint density at radius 3 is 2.39 bits per heavy atom. The lowest BCUT2D eigenvalue weighted by atomic mass is 10.3. The highest BCUT2D eigenvalue weighted by molar-refractivity contribution is 6.55. The molecule has 1 heterocycles. The van der Waals surface area contributed by atoms with Crippen LogP contribution >= 0.6 is 46.4 Å². The fourth-order valence-electron chi connectivity index (χ4n) is 1.64. The predicted molar refractivity (Wildman–Crippen MR) is 90.2 cm³/mol. The zero-order valence-electron chi connectivity index (χ0n) is 11.5. The first-order valence-electron chi connectivity index (χ1n) is 6.29. The van der Waals surface area contributed by atoms with Crippen LogP contribution in [0.2, 0.25) is 10.0 Å². The second-order valence-electron chi connectivity index (χ2n) is 4.23. The topological polar surface area (TPSA) is 48.7 Å². The third-order valence-electron chi connectivity index (χ3n) is 2.62. The van der Waals surface area contributed by atoms with E-state index in [1.165, 1.54) is 6.08 Å². The molecule has 0 spiro atoms. The van der Waals surface area contributed by atoms with E-state index in [2.05, 4.69) is 0 Å². The van der Waals surface area contributed by atoms with Gasteiger partial charge in [-0.15, -0.1) is 0 Å². The highest BCUT2D eigenvalue weighted by Gasteiger charge is 2.12. The van der Waals surface area contributed by atoms with Gasteiger partial charge in [-0.05, 0) is 18.2 Å². The summed E-state index contributed by atoms with van der Waals surface area (Å²) in [5.41, 5.74) is 0. The third-order valence-corrected chi connectivity index (χ3v) is 3.49. The Bertz CT molecular complexity index is 697. The second-order valence-corrected chi connectivity index (χ2v) is 6.05. The number of halogens is 4. The van der Waals surface area contributed by atoms with Gasteiger partial charge in [0.15, 0.2) is 17.8 Å². The van der Waals surface area contributed by atoms with Crippen molar-refractivity contribution in [2.45, 2.75) is 6.61 Å². The molecular formula is C15H10Cl4O4. The fourth-order valence-corrected chi connectivity index (χ4v) is 2.34. The van der Waals surface area contributed by atoms with Gasteiger partial charge in [0.25, 0.3) is 0 Å². The van der Waals surface area contributed by atoms with Gasteiger partial charge in [-0.3, -0.25) is 4.79 Å². The van der Waals surface area contributed by atoms with Crippen molar-refractivity contribution in [3.63, 3.8) is 0 Å². The smallest absolute Gasteiger partial charge is 0.185 e. The maximum Gasteiger partial charge on any atom is 0.185 e. The van der Waals surface area contributed by atoms with Crippen molar-refractivity contribution < 1.29 is 18.7 Å². The molecule has 0 fully saturated rings. The average Bonchev–Trinajstić information content (AvgIpc) is 2.94. The van der Waals surface area contributed by atoms with Gasteiger partial charge >= 0.3 is 0 Å². The lowest BCUT2D eigenvalue weighted by Crippen LogP contribution is -1.98. The summed E-state index contributed by atoms with van der Waals surface area (Å²) in [5, 5.41) is 0.547. The van der Waals surface area contributed by atoms with Crippen molar-refractivity contribution in [2.24, 2.45) is 0 Å². The molecule has 0 aliphatic heterocycles. The van der Waals surface area contributed by atoms with E-state index in [0.29, 0.717) is 17.8 Å². The first kappa shape index (κ1) is 18.0. The summed E-state index contributed by atoms with van der Waals surface area (Å²) in [4.78, 5) is 10.6. The first-order valence-corrected chi connectivity index (χ1v) is 7.80. The van der Waals surface area contributed by atoms with Crippen LogP contribution in [0.25, 0.3) is 0 Å². The van der Waals surface area contributed by atoms with E-state index in [-0.39, 0.29) is 39.3 Å². The van der Waals surface area contributed by atoms with E-state index in [0.717, 1.165) is 0 Å². The number of furan rings is 1. The van der Waals surface area contributed by atoms with Crippen molar-refractivity contribution in [1.29, 1.82) is 0 Å². The van der Waals surface area contributed by atoms with Crippen LogP contribution in [0.5, 0.6) is 11.5 Å². The minimum atomic E-state index is 0.0814. The van der Waals surface area contributed by atoms with Crippen LogP contribution in [0.15, 0.2) is 39.3 Å². The summed E-state index contributed by atoms with van der Waals surface area (Å²) in [6, 6.07) is 6.28. The number of carbonyl (C=O) groups is 1. The summed E-state index contributed by atoms with van der Waals surface area (Å²) in [7, 11) is 0. The standard InChI is InChI=1S/C15H10Cl4O4/c16-12-5-11(21-4-3-14(18)19)6-13(17)15(12)22-8-10-2-1-9(7-20)23-10/h1-3,5-7H,4,8H2. The van der Waals surface area contributed by atoms with Gasteiger partial charge in [0.05, 0.1) is 10.0 Å². The quantitative estimate of drug-likeness (QED) is 0.566. The normalized spacial score (nSPS) is 10.3. The molecule has 0 aliphatic rings. The van der Waals surface area contributed by atoms with Crippen LogP contribution < -0.4 is 9.47 Å².